The molecule has 0 aromatic rings. The van der Waals surface area contributed by atoms with Gasteiger partial charge in [-0.25, -0.2) is 0 Å². The summed E-state index contributed by atoms with van der Waals surface area (Å²) in [6.45, 7) is 4.42. The molecule has 5 atom stereocenters. The van der Waals surface area contributed by atoms with Gasteiger partial charge in [-0.1, -0.05) is 19.4 Å². The maximum Gasteiger partial charge on any atom is 0.155 e. The van der Waals surface area contributed by atoms with Crippen molar-refractivity contribution in [2.75, 3.05) is 6.61 Å². The standard InChI is InChI=1S/C17H26O3/c1-16-8-7-15(20)17(2,10-18)14(16)6-3-11-9-12(19)4-5-13(11)16/h9,13-15,18,20H,3-8,10H2,1-2H3/t13-,14+,15-,16+,17+/m1/s1. The molecule has 20 heavy (non-hydrogen) atoms. The van der Waals surface area contributed by atoms with Gasteiger partial charge in [-0.15, -0.1) is 0 Å². The summed E-state index contributed by atoms with van der Waals surface area (Å²) in [6, 6.07) is 0. The lowest BCUT2D eigenvalue weighted by Gasteiger charge is -2.60. The average Bonchev–Trinajstić information content (AvgIpc) is 2.43. The van der Waals surface area contributed by atoms with Gasteiger partial charge in [0.15, 0.2) is 5.78 Å². The Balaban J connectivity index is 1.99. The Labute approximate surface area is 121 Å². The van der Waals surface area contributed by atoms with Crippen molar-refractivity contribution >= 4 is 5.78 Å². The zero-order valence-corrected chi connectivity index (χ0v) is 12.6. The number of allylic oxidation sites excluding steroid dienone is 2. The molecule has 0 heterocycles. The molecule has 0 radical (unpaired) electrons. The van der Waals surface area contributed by atoms with E-state index in [2.05, 4.69) is 6.92 Å². The maximum atomic E-state index is 11.7. The Morgan fingerprint density at radius 3 is 2.70 bits per heavy atom. The minimum absolute atomic E-state index is 0.0547. The zero-order chi connectivity index (χ0) is 14.5. The monoisotopic (exact) mass is 278 g/mol. The van der Waals surface area contributed by atoms with E-state index in [-0.39, 0.29) is 23.2 Å². The van der Waals surface area contributed by atoms with Crippen molar-refractivity contribution in [2.24, 2.45) is 22.7 Å². The van der Waals surface area contributed by atoms with E-state index in [0.717, 1.165) is 32.1 Å². The number of fused-ring (bicyclic) bond motifs is 3. The molecule has 3 nitrogen and oxygen atoms in total. The second-order valence-electron chi connectivity index (χ2n) is 7.59. The number of ketones is 1. The van der Waals surface area contributed by atoms with Crippen LogP contribution in [0.25, 0.3) is 0 Å². The number of aliphatic hydroxyl groups is 2. The molecule has 0 aliphatic heterocycles. The Kier molecular flexibility index (Phi) is 3.33. The number of carbonyl (C=O) groups excluding carboxylic acids is 1. The van der Waals surface area contributed by atoms with Crippen LogP contribution >= 0.6 is 0 Å². The normalized spacial score (nSPS) is 48.3. The van der Waals surface area contributed by atoms with Crippen LogP contribution in [0.2, 0.25) is 0 Å². The van der Waals surface area contributed by atoms with Gasteiger partial charge in [0.25, 0.3) is 0 Å². The summed E-state index contributed by atoms with van der Waals surface area (Å²) < 4.78 is 0. The molecule has 0 unspecified atom stereocenters. The highest BCUT2D eigenvalue weighted by Gasteiger charge is 2.58. The molecule has 2 N–H and O–H groups in total. The molecule has 0 amide bonds. The second kappa shape index (κ2) is 4.67. The molecule has 0 spiro atoms. The van der Waals surface area contributed by atoms with Gasteiger partial charge in [-0.2, -0.15) is 0 Å². The third kappa shape index (κ3) is 1.82. The minimum Gasteiger partial charge on any atom is -0.396 e. The molecule has 0 aromatic carbocycles. The van der Waals surface area contributed by atoms with Crippen molar-refractivity contribution in [2.45, 2.75) is 58.5 Å². The number of rotatable bonds is 1. The fourth-order valence-corrected chi connectivity index (χ4v) is 5.39. The first-order valence-electron chi connectivity index (χ1n) is 7.94. The quantitative estimate of drug-likeness (QED) is 0.774. The highest BCUT2D eigenvalue weighted by atomic mass is 16.3. The van der Waals surface area contributed by atoms with Crippen LogP contribution in [-0.2, 0) is 4.79 Å². The zero-order valence-electron chi connectivity index (χ0n) is 12.6. The van der Waals surface area contributed by atoms with Crippen LogP contribution in [0.4, 0.5) is 0 Å². The molecule has 0 aromatic heterocycles. The Bertz CT molecular complexity index is 455. The number of carbonyl (C=O) groups is 1. The van der Waals surface area contributed by atoms with Crippen LogP contribution in [0.1, 0.15) is 52.4 Å². The molecular weight excluding hydrogens is 252 g/mol. The van der Waals surface area contributed by atoms with Crippen LogP contribution in [0, 0.1) is 22.7 Å². The Morgan fingerprint density at radius 2 is 2.00 bits per heavy atom. The second-order valence-corrected chi connectivity index (χ2v) is 7.59. The summed E-state index contributed by atoms with van der Waals surface area (Å²) in [7, 11) is 0. The molecule has 3 rings (SSSR count). The lowest BCUT2D eigenvalue weighted by atomic mass is 9.45. The van der Waals surface area contributed by atoms with E-state index in [1.165, 1.54) is 5.57 Å². The lowest BCUT2D eigenvalue weighted by Crippen LogP contribution is -2.57. The minimum atomic E-state index is -0.402. The average molecular weight is 278 g/mol. The van der Waals surface area contributed by atoms with Crippen molar-refractivity contribution in [1.29, 1.82) is 0 Å². The molecular formula is C17H26O3. The van der Waals surface area contributed by atoms with E-state index in [1.807, 2.05) is 13.0 Å². The van der Waals surface area contributed by atoms with Gasteiger partial charge in [-0.05, 0) is 55.4 Å². The molecule has 0 bridgehead atoms. The highest BCUT2D eigenvalue weighted by Crippen LogP contribution is 2.62. The molecule has 3 aliphatic carbocycles. The smallest absolute Gasteiger partial charge is 0.155 e. The molecule has 3 heteroatoms. The van der Waals surface area contributed by atoms with Crippen molar-refractivity contribution in [1.82, 2.24) is 0 Å². The summed E-state index contributed by atoms with van der Waals surface area (Å²) in [5.74, 6) is 1.09. The van der Waals surface area contributed by atoms with Gasteiger partial charge in [0.1, 0.15) is 0 Å². The summed E-state index contributed by atoms with van der Waals surface area (Å²) in [6.07, 6.45) is 6.81. The van der Waals surface area contributed by atoms with Crippen LogP contribution in [0.15, 0.2) is 11.6 Å². The van der Waals surface area contributed by atoms with Crippen LogP contribution in [0.3, 0.4) is 0 Å². The largest absolute Gasteiger partial charge is 0.396 e. The van der Waals surface area contributed by atoms with E-state index in [0.29, 0.717) is 18.3 Å². The number of hydrogen-bond acceptors (Lipinski definition) is 3. The SMILES string of the molecule is C[C@]1(CO)[C@H]2CCC3=CC(=O)CC[C@H]3[C@]2(C)CC[C@H]1O. The summed E-state index contributed by atoms with van der Waals surface area (Å²) in [5.41, 5.74) is 1.07. The number of hydrogen-bond donors (Lipinski definition) is 2. The van der Waals surface area contributed by atoms with E-state index in [9.17, 15) is 15.0 Å². The fourth-order valence-electron chi connectivity index (χ4n) is 5.39. The van der Waals surface area contributed by atoms with Crippen LogP contribution in [-0.4, -0.2) is 28.7 Å². The van der Waals surface area contributed by atoms with Gasteiger partial charge in [0.05, 0.1) is 12.7 Å². The van der Waals surface area contributed by atoms with Gasteiger partial charge in [0, 0.05) is 11.8 Å². The molecule has 0 saturated heterocycles. The first-order valence-corrected chi connectivity index (χ1v) is 7.94. The van der Waals surface area contributed by atoms with Crippen molar-refractivity contribution < 1.29 is 15.0 Å². The van der Waals surface area contributed by atoms with E-state index >= 15 is 0 Å². The topological polar surface area (TPSA) is 57.5 Å². The Hall–Kier alpha value is -0.670. The molecule has 2 saturated carbocycles. The first-order chi connectivity index (χ1) is 9.41. The van der Waals surface area contributed by atoms with Gasteiger partial charge in [-0.3, -0.25) is 4.79 Å². The Morgan fingerprint density at radius 1 is 1.25 bits per heavy atom. The lowest BCUT2D eigenvalue weighted by molar-refractivity contribution is -0.154. The third-order valence-electron chi connectivity index (χ3n) is 6.64. The molecule has 112 valence electrons. The summed E-state index contributed by atoms with van der Waals surface area (Å²) >= 11 is 0. The first kappa shape index (κ1) is 14.3. The van der Waals surface area contributed by atoms with Crippen LogP contribution < -0.4 is 0 Å². The highest BCUT2D eigenvalue weighted by molar-refractivity contribution is 5.91. The van der Waals surface area contributed by atoms with Crippen molar-refractivity contribution in [3.63, 3.8) is 0 Å². The van der Waals surface area contributed by atoms with E-state index in [1.54, 1.807) is 0 Å². The summed E-state index contributed by atoms with van der Waals surface area (Å²) in [4.78, 5) is 11.7. The van der Waals surface area contributed by atoms with Gasteiger partial charge in [0.2, 0.25) is 0 Å². The van der Waals surface area contributed by atoms with Crippen molar-refractivity contribution in [3.05, 3.63) is 11.6 Å². The van der Waals surface area contributed by atoms with Crippen LogP contribution in [0.5, 0.6) is 0 Å². The maximum absolute atomic E-state index is 11.7. The number of aliphatic hydroxyl groups excluding tert-OH is 2. The molecule has 3 aliphatic rings. The van der Waals surface area contributed by atoms with E-state index in [4.69, 9.17) is 0 Å². The predicted octanol–water partition coefficient (Wildman–Crippen LogP) is 2.46. The fraction of sp³-hybridized carbons (Fsp3) is 0.824. The van der Waals surface area contributed by atoms with Crippen molar-refractivity contribution in [3.8, 4) is 0 Å². The third-order valence-corrected chi connectivity index (χ3v) is 6.64. The summed E-state index contributed by atoms with van der Waals surface area (Å²) in [5, 5.41) is 20.3. The predicted molar refractivity (Wildman–Crippen MR) is 77.1 cm³/mol. The van der Waals surface area contributed by atoms with E-state index < -0.39 is 6.10 Å². The van der Waals surface area contributed by atoms with Gasteiger partial charge >= 0.3 is 0 Å². The molecule has 2 fully saturated rings. The van der Waals surface area contributed by atoms with Gasteiger partial charge < -0.3 is 10.2 Å².